The van der Waals surface area contributed by atoms with Gasteiger partial charge in [-0.2, -0.15) is 8.78 Å². The monoisotopic (exact) mass is 443 g/mol. The fourth-order valence-electron chi connectivity index (χ4n) is 1.97. The molecule has 1 aliphatic rings. The third-order valence-electron chi connectivity index (χ3n) is 2.87. The van der Waals surface area contributed by atoms with E-state index in [2.05, 4.69) is 20.4 Å². The molecule has 0 unspecified atom stereocenters. The summed E-state index contributed by atoms with van der Waals surface area (Å²) in [6.07, 6.45) is 0. The summed E-state index contributed by atoms with van der Waals surface area (Å²) >= 11 is 0. The molecule has 6 nitrogen and oxygen atoms in total. The molecule has 0 atom stereocenters. The average molecular weight is 443 g/mol. The number of fused-ring (bicyclic) bond motifs is 1. The fraction of sp³-hybridized carbons (Fsp3) is 0.500. The van der Waals surface area contributed by atoms with Gasteiger partial charge in [-0.25, -0.2) is 4.99 Å². The van der Waals surface area contributed by atoms with Crippen molar-refractivity contribution in [3.63, 3.8) is 0 Å². The second-order valence-electron chi connectivity index (χ2n) is 4.42. The lowest BCUT2D eigenvalue weighted by molar-refractivity contribution is -0.0505. The third kappa shape index (κ3) is 5.56. The summed E-state index contributed by atoms with van der Waals surface area (Å²) in [7, 11) is 0. The van der Waals surface area contributed by atoms with Crippen molar-refractivity contribution in [3.05, 3.63) is 17.7 Å². The van der Waals surface area contributed by atoms with E-state index in [1.165, 1.54) is 6.07 Å². The van der Waals surface area contributed by atoms with Crippen LogP contribution >= 0.6 is 24.0 Å². The predicted molar refractivity (Wildman–Crippen MR) is 93.1 cm³/mol. The Morgan fingerprint density at radius 2 is 1.83 bits per heavy atom. The van der Waals surface area contributed by atoms with E-state index >= 15 is 0 Å². The van der Waals surface area contributed by atoms with Crippen LogP contribution in [0.3, 0.4) is 0 Å². The smallest absolute Gasteiger partial charge is 0.387 e. The summed E-state index contributed by atoms with van der Waals surface area (Å²) in [5.74, 6) is 1.53. The van der Waals surface area contributed by atoms with Gasteiger partial charge in [-0.15, -0.1) is 24.0 Å². The first-order valence-corrected chi connectivity index (χ1v) is 7.03. The van der Waals surface area contributed by atoms with Crippen LogP contribution in [0.1, 0.15) is 19.4 Å². The van der Waals surface area contributed by atoms with Gasteiger partial charge in [0.15, 0.2) is 17.5 Å². The number of benzene rings is 1. The van der Waals surface area contributed by atoms with Crippen molar-refractivity contribution >= 4 is 29.9 Å². The lowest BCUT2D eigenvalue weighted by Gasteiger charge is -2.12. The Hall–Kier alpha value is -1.52. The van der Waals surface area contributed by atoms with E-state index in [1.807, 2.05) is 13.8 Å². The molecule has 1 aliphatic heterocycles. The summed E-state index contributed by atoms with van der Waals surface area (Å²) < 4.78 is 40.0. The zero-order valence-corrected chi connectivity index (χ0v) is 15.2. The number of aliphatic imine (C=N–C) groups is 1. The van der Waals surface area contributed by atoms with Crippen LogP contribution < -0.4 is 24.8 Å². The highest BCUT2D eigenvalue weighted by atomic mass is 127. The Morgan fingerprint density at radius 3 is 2.39 bits per heavy atom. The average Bonchev–Trinajstić information content (AvgIpc) is 2.91. The zero-order chi connectivity index (χ0) is 15.9. The van der Waals surface area contributed by atoms with Crippen LogP contribution in [0.15, 0.2) is 17.1 Å². The maximum atomic E-state index is 12.5. The van der Waals surface area contributed by atoms with E-state index in [0.29, 0.717) is 36.1 Å². The van der Waals surface area contributed by atoms with E-state index in [4.69, 9.17) is 9.47 Å². The Balaban J connectivity index is 0.00000264. The van der Waals surface area contributed by atoms with Gasteiger partial charge in [0.2, 0.25) is 6.79 Å². The first-order chi connectivity index (χ1) is 10.6. The molecule has 1 aromatic carbocycles. The molecule has 1 aromatic rings. The Labute approximate surface area is 150 Å². The summed E-state index contributed by atoms with van der Waals surface area (Å²) in [6.45, 7) is 2.62. The summed E-state index contributed by atoms with van der Waals surface area (Å²) in [5.41, 5.74) is 0.498. The molecule has 9 heteroatoms. The van der Waals surface area contributed by atoms with Crippen LogP contribution in [-0.2, 0) is 6.54 Å². The lowest BCUT2D eigenvalue weighted by atomic mass is 10.1. The number of ether oxygens (including phenoxy) is 3. The second kappa shape index (κ2) is 9.58. The van der Waals surface area contributed by atoms with E-state index < -0.39 is 6.61 Å². The number of alkyl halides is 2. The summed E-state index contributed by atoms with van der Waals surface area (Å²) in [6, 6.07) is 3.01. The lowest BCUT2D eigenvalue weighted by Crippen LogP contribution is -2.36. The van der Waals surface area contributed by atoms with Crippen LogP contribution in [0.25, 0.3) is 0 Å². The highest BCUT2D eigenvalue weighted by Gasteiger charge is 2.19. The van der Waals surface area contributed by atoms with Gasteiger partial charge in [0.25, 0.3) is 0 Å². The van der Waals surface area contributed by atoms with Crippen molar-refractivity contribution in [1.29, 1.82) is 0 Å². The molecule has 0 saturated heterocycles. The van der Waals surface area contributed by atoms with Crippen LogP contribution in [0.4, 0.5) is 8.78 Å². The molecule has 23 heavy (non-hydrogen) atoms. The molecule has 2 N–H and O–H groups in total. The largest absolute Gasteiger partial charge is 0.454 e. The van der Waals surface area contributed by atoms with Gasteiger partial charge in [-0.3, -0.25) is 0 Å². The van der Waals surface area contributed by atoms with Crippen molar-refractivity contribution in [2.24, 2.45) is 4.99 Å². The summed E-state index contributed by atoms with van der Waals surface area (Å²) in [5, 5.41) is 6.12. The van der Waals surface area contributed by atoms with Crippen LogP contribution in [0.5, 0.6) is 17.2 Å². The van der Waals surface area contributed by atoms with E-state index in [-0.39, 0.29) is 43.1 Å². The second-order valence-corrected chi connectivity index (χ2v) is 4.42. The number of nitrogens with one attached hydrogen (secondary N) is 2. The molecule has 0 aliphatic carbocycles. The van der Waals surface area contributed by atoms with Gasteiger partial charge in [0.05, 0.1) is 6.54 Å². The molecule has 0 aromatic heterocycles. The highest BCUT2D eigenvalue weighted by molar-refractivity contribution is 14.0. The Kier molecular flexibility index (Phi) is 8.13. The van der Waals surface area contributed by atoms with Crippen molar-refractivity contribution in [3.8, 4) is 17.2 Å². The van der Waals surface area contributed by atoms with Gasteiger partial charge < -0.3 is 24.8 Å². The molecule has 0 amide bonds. The van der Waals surface area contributed by atoms with Gasteiger partial charge in [-0.05, 0) is 19.9 Å². The first-order valence-electron chi connectivity index (χ1n) is 7.03. The summed E-state index contributed by atoms with van der Waals surface area (Å²) in [4.78, 5) is 4.34. The molecular formula is C14H20F2IN3O3. The number of guanidine groups is 1. The van der Waals surface area contributed by atoms with Gasteiger partial charge >= 0.3 is 6.61 Å². The number of hydrogen-bond acceptors (Lipinski definition) is 4. The van der Waals surface area contributed by atoms with Crippen LogP contribution in [-0.4, -0.2) is 32.5 Å². The standard InChI is InChI=1S/C14H19F2N3O3.HI/c1-3-17-14(18-4-2)19-7-9-5-11-12(21-8-20-11)6-10(9)22-13(15)16;/h5-6,13H,3-4,7-8H2,1-2H3,(H2,17,18,19);1H. The fourth-order valence-corrected chi connectivity index (χ4v) is 1.97. The van der Waals surface area contributed by atoms with Gasteiger partial charge in [-0.1, -0.05) is 0 Å². The number of hydrogen-bond donors (Lipinski definition) is 2. The Bertz CT molecular complexity index is 536. The molecule has 1 heterocycles. The SMILES string of the molecule is CCNC(=NCc1cc2c(cc1OC(F)F)OCO2)NCC.I. The van der Waals surface area contributed by atoms with E-state index in [1.54, 1.807) is 6.07 Å². The molecule has 130 valence electrons. The van der Waals surface area contributed by atoms with E-state index in [0.717, 1.165) is 0 Å². The normalized spacial score (nSPS) is 11.7. The first kappa shape index (κ1) is 19.5. The molecule has 0 saturated carbocycles. The maximum absolute atomic E-state index is 12.5. The minimum atomic E-state index is -2.91. The molecule has 0 radical (unpaired) electrons. The number of rotatable bonds is 6. The molecule has 2 rings (SSSR count). The Morgan fingerprint density at radius 1 is 1.22 bits per heavy atom. The van der Waals surface area contributed by atoms with Crippen molar-refractivity contribution in [2.45, 2.75) is 27.0 Å². The van der Waals surface area contributed by atoms with Crippen molar-refractivity contribution in [2.75, 3.05) is 19.9 Å². The number of halogens is 3. The van der Waals surface area contributed by atoms with Gasteiger partial charge in [0.1, 0.15) is 5.75 Å². The predicted octanol–water partition coefficient (Wildman–Crippen LogP) is 2.71. The minimum Gasteiger partial charge on any atom is -0.454 e. The highest BCUT2D eigenvalue weighted by Crippen LogP contribution is 2.38. The molecule has 0 fully saturated rings. The topological polar surface area (TPSA) is 64.1 Å². The van der Waals surface area contributed by atoms with Crippen molar-refractivity contribution < 1.29 is 23.0 Å². The molecule has 0 spiro atoms. The van der Waals surface area contributed by atoms with Crippen LogP contribution in [0, 0.1) is 0 Å². The molecular weight excluding hydrogens is 423 g/mol. The maximum Gasteiger partial charge on any atom is 0.387 e. The quantitative estimate of drug-likeness (QED) is 0.402. The number of nitrogens with zero attached hydrogens (tertiary/aromatic N) is 1. The van der Waals surface area contributed by atoms with Crippen molar-refractivity contribution in [1.82, 2.24) is 10.6 Å². The van der Waals surface area contributed by atoms with Gasteiger partial charge in [0, 0.05) is 24.7 Å². The van der Waals surface area contributed by atoms with E-state index in [9.17, 15) is 8.78 Å². The minimum absolute atomic E-state index is 0. The zero-order valence-electron chi connectivity index (χ0n) is 12.9. The molecule has 0 bridgehead atoms. The van der Waals surface area contributed by atoms with Crippen LogP contribution in [0.2, 0.25) is 0 Å². The third-order valence-corrected chi connectivity index (χ3v) is 2.87.